The Balaban J connectivity index is 1.99. The SMILES string of the molecule is CC(CN)C(=O)Nc1ccc(OC2CCC2)c(F)c1. The van der Waals surface area contributed by atoms with Gasteiger partial charge in [-0.3, -0.25) is 4.79 Å². The van der Waals surface area contributed by atoms with Crippen LogP contribution in [-0.4, -0.2) is 18.6 Å². The summed E-state index contributed by atoms with van der Waals surface area (Å²) in [4.78, 5) is 11.6. The van der Waals surface area contributed by atoms with E-state index in [1.807, 2.05) is 0 Å². The zero-order valence-electron chi connectivity index (χ0n) is 11.0. The average Bonchev–Trinajstić information content (AvgIpc) is 2.34. The van der Waals surface area contributed by atoms with Crippen LogP contribution in [0, 0.1) is 11.7 Å². The first-order valence-corrected chi connectivity index (χ1v) is 6.57. The van der Waals surface area contributed by atoms with Crippen molar-refractivity contribution in [3.05, 3.63) is 24.0 Å². The molecule has 5 heteroatoms. The quantitative estimate of drug-likeness (QED) is 0.859. The van der Waals surface area contributed by atoms with Gasteiger partial charge in [0.15, 0.2) is 11.6 Å². The van der Waals surface area contributed by atoms with E-state index in [2.05, 4.69) is 5.32 Å². The molecule has 1 atom stereocenters. The molecule has 0 heterocycles. The number of rotatable bonds is 5. The van der Waals surface area contributed by atoms with Crippen LogP contribution in [0.5, 0.6) is 5.75 Å². The van der Waals surface area contributed by atoms with Crippen molar-refractivity contribution in [1.82, 2.24) is 0 Å². The third-order valence-corrected chi connectivity index (χ3v) is 3.35. The van der Waals surface area contributed by atoms with Crippen LogP contribution in [0.25, 0.3) is 0 Å². The van der Waals surface area contributed by atoms with Crippen molar-refractivity contribution in [3.63, 3.8) is 0 Å². The van der Waals surface area contributed by atoms with Crippen LogP contribution in [0.15, 0.2) is 18.2 Å². The van der Waals surface area contributed by atoms with Gasteiger partial charge in [0, 0.05) is 24.2 Å². The monoisotopic (exact) mass is 266 g/mol. The van der Waals surface area contributed by atoms with E-state index in [1.165, 1.54) is 6.07 Å². The molecule has 19 heavy (non-hydrogen) atoms. The Labute approximate surface area is 112 Å². The number of hydrogen-bond acceptors (Lipinski definition) is 3. The van der Waals surface area contributed by atoms with Gasteiger partial charge in [-0.25, -0.2) is 4.39 Å². The van der Waals surface area contributed by atoms with Crippen molar-refractivity contribution in [2.45, 2.75) is 32.3 Å². The topological polar surface area (TPSA) is 64.4 Å². The van der Waals surface area contributed by atoms with Crippen LogP contribution in [0.1, 0.15) is 26.2 Å². The summed E-state index contributed by atoms with van der Waals surface area (Å²) in [6.45, 7) is 1.98. The maximum atomic E-state index is 13.8. The van der Waals surface area contributed by atoms with Gasteiger partial charge in [0.05, 0.1) is 6.10 Å². The molecule has 0 radical (unpaired) electrons. The van der Waals surface area contributed by atoms with E-state index in [0.717, 1.165) is 19.3 Å². The lowest BCUT2D eigenvalue weighted by Gasteiger charge is -2.26. The second kappa shape index (κ2) is 6.02. The third-order valence-electron chi connectivity index (χ3n) is 3.35. The number of hydrogen-bond donors (Lipinski definition) is 2. The Hall–Kier alpha value is -1.62. The van der Waals surface area contributed by atoms with E-state index >= 15 is 0 Å². The van der Waals surface area contributed by atoms with Gasteiger partial charge < -0.3 is 15.8 Å². The Bertz CT molecular complexity index is 461. The fraction of sp³-hybridized carbons (Fsp3) is 0.500. The molecule has 1 fully saturated rings. The van der Waals surface area contributed by atoms with Gasteiger partial charge in [0.25, 0.3) is 0 Å². The molecule has 104 valence electrons. The fourth-order valence-corrected chi connectivity index (χ4v) is 1.71. The summed E-state index contributed by atoms with van der Waals surface area (Å²) in [5.74, 6) is -0.719. The molecule has 1 aliphatic carbocycles. The highest BCUT2D eigenvalue weighted by atomic mass is 19.1. The zero-order valence-corrected chi connectivity index (χ0v) is 11.0. The van der Waals surface area contributed by atoms with Crippen molar-refractivity contribution in [2.24, 2.45) is 11.7 Å². The lowest BCUT2D eigenvalue weighted by atomic mass is 9.96. The van der Waals surface area contributed by atoms with Crippen molar-refractivity contribution in [3.8, 4) is 5.75 Å². The van der Waals surface area contributed by atoms with Crippen molar-refractivity contribution < 1.29 is 13.9 Å². The molecule has 0 bridgehead atoms. The number of carbonyl (C=O) groups excluding carboxylic acids is 1. The van der Waals surface area contributed by atoms with Gasteiger partial charge in [-0.2, -0.15) is 0 Å². The zero-order chi connectivity index (χ0) is 13.8. The second-order valence-corrected chi connectivity index (χ2v) is 4.94. The first kappa shape index (κ1) is 13.8. The highest BCUT2D eigenvalue weighted by molar-refractivity contribution is 5.92. The van der Waals surface area contributed by atoms with Crippen LogP contribution >= 0.6 is 0 Å². The van der Waals surface area contributed by atoms with E-state index in [9.17, 15) is 9.18 Å². The van der Waals surface area contributed by atoms with Gasteiger partial charge in [-0.15, -0.1) is 0 Å². The van der Waals surface area contributed by atoms with Crippen LogP contribution in [0.4, 0.5) is 10.1 Å². The van der Waals surface area contributed by atoms with Gasteiger partial charge in [-0.05, 0) is 31.4 Å². The maximum absolute atomic E-state index is 13.8. The number of anilines is 1. The summed E-state index contributed by atoms with van der Waals surface area (Å²) in [7, 11) is 0. The first-order chi connectivity index (χ1) is 9.10. The fourth-order valence-electron chi connectivity index (χ4n) is 1.71. The Morgan fingerprint density at radius 1 is 1.58 bits per heavy atom. The minimum atomic E-state index is -0.454. The van der Waals surface area contributed by atoms with E-state index in [1.54, 1.807) is 19.1 Å². The summed E-state index contributed by atoms with van der Waals surface area (Å²) in [5, 5.41) is 2.63. The highest BCUT2D eigenvalue weighted by Crippen LogP contribution is 2.28. The first-order valence-electron chi connectivity index (χ1n) is 6.57. The normalized spacial score (nSPS) is 16.6. The van der Waals surface area contributed by atoms with Crippen LogP contribution in [0.3, 0.4) is 0 Å². The summed E-state index contributed by atoms with van der Waals surface area (Å²) in [6.07, 6.45) is 3.22. The molecule has 1 aliphatic rings. The van der Waals surface area contributed by atoms with Gasteiger partial charge >= 0.3 is 0 Å². The molecule has 0 aliphatic heterocycles. The smallest absolute Gasteiger partial charge is 0.228 e. The lowest BCUT2D eigenvalue weighted by Crippen LogP contribution is -2.27. The Kier molecular flexibility index (Phi) is 4.37. The van der Waals surface area contributed by atoms with E-state index in [0.29, 0.717) is 5.69 Å². The molecule has 1 aromatic rings. The Morgan fingerprint density at radius 2 is 2.32 bits per heavy atom. The lowest BCUT2D eigenvalue weighted by molar-refractivity contribution is -0.119. The van der Waals surface area contributed by atoms with Crippen LogP contribution in [-0.2, 0) is 4.79 Å². The molecule has 0 aromatic heterocycles. The number of carbonyl (C=O) groups is 1. The summed E-state index contributed by atoms with van der Waals surface area (Å²) >= 11 is 0. The highest BCUT2D eigenvalue weighted by Gasteiger charge is 2.20. The summed E-state index contributed by atoms with van der Waals surface area (Å²) in [6, 6.07) is 4.46. The molecular weight excluding hydrogens is 247 g/mol. The number of nitrogens with two attached hydrogens (primary N) is 1. The molecule has 1 unspecified atom stereocenters. The van der Waals surface area contributed by atoms with Crippen molar-refractivity contribution in [2.75, 3.05) is 11.9 Å². The third kappa shape index (κ3) is 3.44. The number of nitrogens with one attached hydrogen (secondary N) is 1. The molecule has 2 rings (SSSR count). The number of halogens is 1. The standard InChI is InChI=1S/C14H19FN2O2/c1-9(8-16)14(18)17-10-5-6-13(12(15)7-10)19-11-3-2-4-11/h5-7,9,11H,2-4,8,16H2,1H3,(H,17,18). The molecule has 4 nitrogen and oxygen atoms in total. The van der Waals surface area contributed by atoms with Crippen molar-refractivity contribution >= 4 is 11.6 Å². The molecule has 1 saturated carbocycles. The van der Waals surface area contributed by atoms with E-state index < -0.39 is 5.82 Å². The van der Waals surface area contributed by atoms with Crippen LogP contribution in [0.2, 0.25) is 0 Å². The van der Waals surface area contributed by atoms with E-state index in [-0.39, 0.29) is 30.2 Å². The molecule has 0 saturated heterocycles. The summed E-state index contributed by atoms with van der Waals surface area (Å²) < 4.78 is 19.3. The largest absolute Gasteiger partial charge is 0.487 e. The molecule has 0 spiro atoms. The molecule has 1 amide bonds. The summed E-state index contributed by atoms with van der Waals surface area (Å²) in [5.41, 5.74) is 5.82. The number of ether oxygens (including phenoxy) is 1. The molecule has 3 N–H and O–H groups in total. The van der Waals surface area contributed by atoms with E-state index in [4.69, 9.17) is 10.5 Å². The minimum Gasteiger partial charge on any atom is -0.487 e. The predicted octanol–water partition coefficient (Wildman–Crippen LogP) is 2.29. The average molecular weight is 266 g/mol. The maximum Gasteiger partial charge on any atom is 0.228 e. The number of amides is 1. The molecule has 1 aromatic carbocycles. The Morgan fingerprint density at radius 3 is 2.84 bits per heavy atom. The van der Waals surface area contributed by atoms with Crippen LogP contribution < -0.4 is 15.8 Å². The van der Waals surface area contributed by atoms with Gasteiger partial charge in [0.2, 0.25) is 5.91 Å². The minimum absolute atomic E-state index is 0.132. The number of benzene rings is 1. The predicted molar refractivity (Wildman–Crippen MR) is 71.5 cm³/mol. The van der Waals surface area contributed by atoms with Gasteiger partial charge in [0.1, 0.15) is 0 Å². The second-order valence-electron chi connectivity index (χ2n) is 4.94. The van der Waals surface area contributed by atoms with Crippen molar-refractivity contribution in [1.29, 1.82) is 0 Å². The van der Waals surface area contributed by atoms with Gasteiger partial charge in [-0.1, -0.05) is 6.92 Å². The molecular formula is C14H19FN2O2.